The number of anilines is 1. The number of benzene rings is 1. The average molecular weight is 369 g/mol. The highest BCUT2D eigenvalue weighted by molar-refractivity contribution is 7.99. The van der Waals surface area contributed by atoms with Crippen LogP contribution in [0, 0.1) is 0 Å². The Labute approximate surface area is 158 Å². The minimum absolute atomic E-state index is 0.0479. The van der Waals surface area contributed by atoms with Crippen molar-refractivity contribution in [3.05, 3.63) is 59.9 Å². The molecule has 2 heterocycles. The van der Waals surface area contributed by atoms with E-state index in [-0.39, 0.29) is 11.8 Å². The summed E-state index contributed by atoms with van der Waals surface area (Å²) in [6.45, 7) is 1.64. The van der Waals surface area contributed by atoms with Crippen molar-refractivity contribution in [2.75, 3.05) is 24.2 Å². The molecule has 26 heavy (non-hydrogen) atoms. The van der Waals surface area contributed by atoms with Crippen molar-refractivity contribution in [3.8, 4) is 0 Å². The van der Waals surface area contributed by atoms with Crippen molar-refractivity contribution >= 4 is 29.3 Å². The number of thioether (sulfide) groups is 1. The zero-order chi connectivity index (χ0) is 18.2. The van der Waals surface area contributed by atoms with Crippen LogP contribution in [0.1, 0.15) is 35.2 Å². The molecule has 1 fully saturated rings. The Kier molecular flexibility index (Phi) is 6.66. The molecule has 1 saturated heterocycles. The van der Waals surface area contributed by atoms with Gasteiger partial charge in [-0.1, -0.05) is 12.1 Å². The van der Waals surface area contributed by atoms with E-state index in [4.69, 9.17) is 0 Å². The molecule has 0 spiro atoms. The standard InChI is InChI=1S/C20H23N3O2S/c24-19(15-26-14-16-6-5-9-21-13-16)22-18-8-4-7-17(12-18)20(25)23-10-2-1-3-11-23/h4-9,12-13H,1-3,10-11,14-15H2,(H,22,24). The number of rotatable bonds is 6. The molecule has 0 radical (unpaired) electrons. The summed E-state index contributed by atoms with van der Waals surface area (Å²) in [5, 5.41) is 2.88. The van der Waals surface area contributed by atoms with Crippen LogP contribution >= 0.6 is 11.8 Å². The summed E-state index contributed by atoms with van der Waals surface area (Å²) in [7, 11) is 0. The summed E-state index contributed by atoms with van der Waals surface area (Å²) in [5.74, 6) is 1.08. The molecule has 0 saturated carbocycles. The van der Waals surface area contributed by atoms with E-state index in [0.717, 1.165) is 37.2 Å². The van der Waals surface area contributed by atoms with E-state index in [1.165, 1.54) is 18.2 Å². The smallest absolute Gasteiger partial charge is 0.253 e. The number of amides is 2. The minimum Gasteiger partial charge on any atom is -0.339 e. The summed E-state index contributed by atoms with van der Waals surface area (Å²) in [6.07, 6.45) is 6.86. The Morgan fingerprint density at radius 1 is 1.12 bits per heavy atom. The first kappa shape index (κ1) is 18.5. The Morgan fingerprint density at radius 3 is 2.73 bits per heavy atom. The Bertz CT molecular complexity index is 746. The molecule has 1 aliphatic heterocycles. The third kappa shape index (κ3) is 5.33. The number of aromatic nitrogens is 1. The van der Waals surface area contributed by atoms with Crippen molar-refractivity contribution in [1.82, 2.24) is 9.88 Å². The van der Waals surface area contributed by atoms with Crippen LogP contribution in [0.25, 0.3) is 0 Å². The molecule has 1 aliphatic rings. The minimum atomic E-state index is -0.0681. The number of carbonyl (C=O) groups is 2. The fraction of sp³-hybridized carbons (Fsp3) is 0.350. The predicted octanol–water partition coefficient (Wildman–Crippen LogP) is 3.58. The predicted molar refractivity (Wildman–Crippen MR) is 105 cm³/mol. The third-order valence-corrected chi connectivity index (χ3v) is 5.27. The van der Waals surface area contributed by atoms with E-state index in [9.17, 15) is 9.59 Å². The maximum atomic E-state index is 12.6. The van der Waals surface area contributed by atoms with Gasteiger partial charge in [0, 0.05) is 42.5 Å². The molecule has 1 aromatic heterocycles. The quantitative estimate of drug-likeness (QED) is 0.845. The maximum Gasteiger partial charge on any atom is 0.253 e. The first-order chi connectivity index (χ1) is 12.7. The molecule has 2 aromatic rings. The number of nitrogens with one attached hydrogen (secondary N) is 1. The van der Waals surface area contributed by atoms with Crippen molar-refractivity contribution < 1.29 is 9.59 Å². The summed E-state index contributed by atoms with van der Waals surface area (Å²) >= 11 is 1.54. The lowest BCUT2D eigenvalue weighted by Crippen LogP contribution is -2.35. The van der Waals surface area contributed by atoms with E-state index in [1.807, 2.05) is 35.2 Å². The fourth-order valence-electron chi connectivity index (χ4n) is 2.95. The molecule has 0 atom stereocenters. The molecule has 0 aliphatic carbocycles. The Hall–Kier alpha value is -2.34. The van der Waals surface area contributed by atoms with Gasteiger partial charge in [-0.2, -0.15) is 0 Å². The summed E-state index contributed by atoms with van der Waals surface area (Å²) in [5.41, 5.74) is 2.40. The van der Waals surface area contributed by atoms with E-state index >= 15 is 0 Å². The van der Waals surface area contributed by atoms with Crippen LogP contribution in [0.5, 0.6) is 0 Å². The van der Waals surface area contributed by atoms with Gasteiger partial charge in [0.05, 0.1) is 5.75 Å². The van der Waals surface area contributed by atoms with Crippen LogP contribution in [0.4, 0.5) is 5.69 Å². The molecule has 2 amide bonds. The van der Waals surface area contributed by atoms with Gasteiger partial charge in [0.1, 0.15) is 0 Å². The van der Waals surface area contributed by atoms with Crippen molar-refractivity contribution in [2.45, 2.75) is 25.0 Å². The first-order valence-corrected chi connectivity index (χ1v) is 10.0. The van der Waals surface area contributed by atoms with Gasteiger partial charge in [-0.05, 0) is 49.1 Å². The van der Waals surface area contributed by atoms with Gasteiger partial charge in [0.2, 0.25) is 5.91 Å². The molecule has 1 N–H and O–H groups in total. The largest absolute Gasteiger partial charge is 0.339 e. The Balaban J connectivity index is 1.51. The molecule has 0 bridgehead atoms. The second kappa shape index (κ2) is 9.38. The lowest BCUT2D eigenvalue weighted by Gasteiger charge is -2.26. The molecular formula is C20H23N3O2S. The van der Waals surface area contributed by atoms with Gasteiger partial charge >= 0.3 is 0 Å². The third-order valence-electron chi connectivity index (χ3n) is 4.26. The SMILES string of the molecule is O=C(CSCc1cccnc1)Nc1cccc(C(=O)N2CCCCC2)c1. The average Bonchev–Trinajstić information content (AvgIpc) is 2.69. The van der Waals surface area contributed by atoms with E-state index in [2.05, 4.69) is 10.3 Å². The van der Waals surface area contributed by atoms with Gasteiger partial charge in [-0.15, -0.1) is 11.8 Å². The van der Waals surface area contributed by atoms with Crippen molar-refractivity contribution in [3.63, 3.8) is 0 Å². The molecule has 6 heteroatoms. The fourth-order valence-corrected chi connectivity index (χ4v) is 3.72. The van der Waals surface area contributed by atoms with Crippen LogP contribution < -0.4 is 5.32 Å². The second-order valence-corrected chi connectivity index (χ2v) is 7.32. The lowest BCUT2D eigenvalue weighted by molar-refractivity contribution is -0.113. The molecule has 1 aromatic carbocycles. The van der Waals surface area contributed by atoms with Gasteiger partial charge in [0.15, 0.2) is 0 Å². The lowest BCUT2D eigenvalue weighted by atomic mass is 10.1. The van der Waals surface area contributed by atoms with Crippen LogP contribution in [0.2, 0.25) is 0 Å². The maximum absolute atomic E-state index is 12.6. The van der Waals surface area contributed by atoms with Gasteiger partial charge in [0.25, 0.3) is 5.91 Å². The molecular weight excluding hydrogens is 346 g/mol. The van der Waals surface area contributed by atoms with Crippen LogP contribution in [0.15, 0.2) is 48.8 Å². The molecule has 5 nitrogen and oxygen atoms in total. The van der Waals surface area contributed by atoms with E-state index in [0.29, 0.717) is 17.0 Å². The summed E-state index contributed by atoms with van der Waals surface area (Å²) in [4.78, 5) is 30.7. The van der Waals surface area contributed by atoms with E-state index in [1.54, 1.807) is 18.5 Å². The summed E-state index contributed by atoms with van der Waals surface area (Å²) < 4.78 is 0. The van der Waals surface area contributed by atoms with Crippen LogP contribution in [-0.4, -0.2) is 40.5 Å². The normalized spacial score (nSPS) is 14.1. The number of hydrogen-bond donors (Lipinski definition) is 1. The molecule has 0 unspecified atom stereocenters. The van der Waals surface area contributed by atoms with Crippen LogP contribution in [0.3, 0.4) is 0 Å². The highest BCUT2D eigenvalue weighted by atomic mass is 32.2. The van der Waals surface area contributed by atoms with Gasteiger partial charge in [-0.25, -0.2) is 0 Å². The van der Waals surface area contributed by atoms with Crippen molar-refractivity contribution in [2.24, 2.45) is 0 Å². The summed E-state index contributed by atoms with van der Waals surface area (Å²) in [6, 6.07) is 11.1. The highest BCUT2D eigenvalue weighted by Gasteiger charge is 2.18. The number of hydrogen-bond acceptors (Lipinski definition) is 4. The monoisotopic (exact) mass is 369 g/mol. The topological polar surface area (TPSA) is 62.3 Å². The zero-order valence-corrected chi connectivity index (χ0v) is 15.5. The molecule has 3 rings (SSSR count). The number of carbonyl (C=O) groups excluding carboxylic acids is 2. The van der Waals surface area contributed by atoms with Gasteiger partial charge < -0.3 is 10.2 Å². The molecule has 136 valence electrons. The second-order valence-electron chi connectivity index (χ2n) is 6.34. The number of likely N-dealkylation sites (tertiary alicyclic amines) is 1. The highest BCUT2D eigenvalue weighted by Crippen LogP contribution is 2.17. The number of piperidine rings is 1. The van der Waals surface area contributed by atoms with Crippen LogP contribution in [-0.2, 0) is 10.5 Å². The Morgan fingerprint density at radius 2 is 1.96 bits per heavy atom. The number of pyridine rings is 1. The van der Waals surface area contributed by atoms with Crippen molar-refractivity contribution in [1.29, 1.82) is 0 Å². The first-order valence-electron chi connectivity index (χ1n) is 8.88. The zero-order valence-electron chi connectivity index (χ0n) is 14.7. The van der Waals surface area contributed by atoms with E-state index < -0.39 is 0 Å². The number of nitrogens with zero attached hydrogens (tertiary/aromatic N) is 2. The van der Waals surface area contributed by atoms with Gasteiger partial charge in [-0.3, -0.25) is 14.6 Å².